The molecule has 2 N–H and O–H groups in total. The summed E-state index contributed by atoms with van der Waals surface area (Å²) in [6.07, 6.45) is 3.10. The van der Waals surface area contributed by atoms with Gasteiger partial charge in [-0.3, -0.25) is 9.59 Å². The summed E-state index contributed by atoms with van der Waals surface area (Å²) in [5.41, 5.74) is 1.08. The number of hydrogen-bond donors (Lipinski definition) is 3. The minimum Gasteiger partial charge on any atom is -0.444 e. The zero-order chi connectivity index (χ0) is 25.5. The molecule has 0 spiro atoms. The van der Waals surface area contributed by atoms with E-state index >= 15 is 0 Å². The van der Waals surface area contributed by atoms with Crippen molar-refractivity contribution in [2.24, 2.45) is 5.92 Å². The molecule has 4 atom stereocenters. The number of ether oxygens (including phenoxy) is 1. The van der Waals surface area contributed by atoms with Crippen LogP contribution in [0.2, 0.25) is 0 Å². The summed E-state index contributed by atoms with van der Waals surface area (Å²) < 4.78 is 5.35. The topological polar surface area (TPSA) is 87.7 Å². The predicted octanol–water partition coefficient (Wildman–Crippen LogP) is 4.40. The molecule has 0 saturated heterocycles. The van der Waals surface area contributed by atoms with Gasteiger partial charge in [0.2, 0.25) is 11.8 Å². The highest BCUT2D eigenvalue weighted by Crippen LogP contribution is 2.40. The molecule has 1 aromatic rings. The molecule has 2 rings (SSSR count). The Morgan fingerprint density at radius 2 is 1.91 bits per heavy atom. The van der Waals surface area contributed by atoms with Gasteiger partial charge in [0.25, 0.3) is 0 Å². The Balaban J connectivity index is 2.36. The van der Waals surface area contributed by atoms with Crippen molar-refractivity contribution in [3.8, 4) is 0 Å². The minimum atomic E-state index is -0.911. The quantitative estimate of drug-likeness (QED) is 0.316. The van der Waals surface area contributed by atoms with Crippen molar-refractivity contribution in [1.29, 1.82) is 0 Å². The average Bonchev–Trinajstić information content (AvgIpc) is 3.47. The van der Waals surface area contributed by atoms with Crippen LogP contribution in [0.4, 0.5) is 4.79 Å². The third-order valence-corrected chi connectivity index (χ3v) is 6.18. The Labute approximate surface area is 209 Å². The van der Waals surface area contributed by atoms with Crippen molar-refractivity contribution in [3.63, 3.8) is 0 Å². The molecule has 1 aliphatic carbocycles. The van der Waals surface area contributed by atoms with Gasteiger partial charge in [-0.15, -0.1) is 0 Å². The summed E-state index contributed by atoms with van der Waals surface area (Å²) in [6.45, 7) is 12.0. The van der Waals surface area contributed by atoms with Crippen molar-refractivity contribution in [3.05, 3.63) is 35.4 Å². The van der Waals surface area contributed by atoms with Crippen LogP contribution in [0.1, 0.15) is 77.5 Å². The number of alkyl carbamates (subject to hydrolysis) is 1. The molecule has 8 heteroatoms. The largest absolute Gasteiger partial charge is 0.444 e. The SMILES string of the molecule is CCCCCNC(=O)C(c1cccc(C)c1)N(C(=O)C(CS)NC(=O)OC(C)(C)C)C1CC1C. The third kappa shape index (κ3) is 8.22. The summed E-state index contributed by atoms with van der Waals surface area (Å²) in [6, 6.07) is 5.91. The maximum atomic E-state index is 13.8. The van der Waals surface area contributed by atoms with Crippen LogP contribution in [0.3, 0.4) is 0 Å². The maximum Gasteiger partial charge on any atom is 0.408 e. The van der Waals surface area contributed by atoms with Gasteiger partial charge in [0.05, 0.1) is 0 Å². The van der Waals surface area contributed by atoms with Crippen LogP contribution < -0.4 is 10.6 Å². The van der Waals surface area contributed by atoms with Crippen LogP contribution in [0, 0.1) is 12.8 Å². The molecule has 0 bridgehead atoms. The molecule has 0 heterocycles. The van der Waals surface area contributed by atoms with E-state index in [1.807, 2.05) is 31.2 Å². The smallest absolute Gasteiger partial charge is 0.408 e. The van der Waals surface area contributed by atoms with Crippen molar-refractivity contribution in [2.45, 2.75) is 91.0 Å². The second-order valence-corrected chi connectivity index (χ2v) is 10.6. The Bertz CT molecular complexity index is 855. The van der Waals surface area contributed by atoms with Gasteiger partial charge in [-0.25, -0.2) is 4.79 Å². The molecular weight excluding hydrogens is 450 g/mol. The molecule has 3 amide bonds. The van der Waals surface area contributed by atoms with E-state index in [0.29, 0.717) is 6.54 Å². The van der Waals surface area contributed by atoms with Crippen molar-refractivity contribution < 1.29 is 19.1 Å². The average molecular weight is 492 g/mol. The van der Waals surface area contributed by atoms with Gasteiger partial charge < -0.3 is 20.3 Å². The van der Waals surface area contributed by atoms with Gasteiger partial charge in [0.1, 0.15) is 17.7 Å². The fraction of sp³-hybridized carbons (Fsp3) is 0.654. The number of carbonyl (C=O) groups excluding carboxylic acids is 3. The van der Waals surface area contributed by atoms with Gasteiger partial charge in [-0.1, -0.05) is 56.5 Å². The Hall–Kier alpha value is -2.22. The zero-order valence-corrected chi connectivity index (χ0v) is 22.3. The second-order valence-electron chi connectivity index (χ2n) is 10.2. The summed E-state index contributed by atoms with van der Waals surface area (Å²) in [5, 5.41) is 5.69. The summed E-state index contributed by atoms with van der Waals surface area (Å²) in [5.74, 6) is -0.171. The van der Waals surface area contributed by atoms with Crippen molar-refractivity contribution >= 4 is 30.5 Å². The number of amides is 3. The molecule has 4 unspecified atom stereocenters. The van der Waals surface area contributed by atoms with Gasteiger partial charge in [0.15, 0.2) is 0 Å². The van der Waals surface area contributed by atoms with Gasteiger partial charge in [-0.2, -0.15) is 12.6 Å². The number of aryl methyl sites for hydroxylation is 1. The standard InChI is InChI=1S/C26H41N3O4S/c1-7-8-9-13-27-23(30)22(19-12-10-11-17(2)14-19)29(21-15-18(21)3)24(31)20(16-34)28-25(32)33-26(4,5)6/h10-12,14,18,20-22,34H,7-9,13,15-16H2,1-6H3,(H,27,30)(H,28,32). The lowest BCUT2D eigenvalue weighted by Crippen LogP contribution is -2.54. The van der Waals surface area contributed by atoms with Crippen molar-refractivity contribution in [1.82, 2.24) is 15.5 Å². The van der Waals surface area contributed by atoms with E-state index in [2.05, 4.69) is 37.1 Å². The summed E-state index contributed by atoms with van der Waals surface area (Å²) in [7, 11) is 0. The maximum absolute atomic E-state index is 13.8. The van der Waals surface area contributed by atoms with Crippen LogP contribution in [0.15, 0.2) is 24.3 Å². The molecule has 34 heavy (non-hydrogen) atoms. The van der Waals surface area contributed by atoms with Crippen LogP contribution in [-0.4, -0.2) is 52.8 Å². The first kappa shape index (κ1) is 28.0. The number of benzene rings is 1. The van der Waals surface area contributed by atoms with E-state index in [0.717, 1.165) is 36.8 Å². The number of unbranched alkanes of at least 4 members (excludes halogenated alkanes) is 2. The molecule has 0 radical (unpaired) electrons. The first-order valence-electron chi connectivity index (χ1n) is 12.2. The highest BCUT2D eigenvalue weighted by atomic mass is 32.1. The molecule has 7 nitrogen and oxygen atoms in total. The number of nitrogens with zero attached hydrogens (tertiary/aromatic N) is 1. The fourth-order valence-electron chi connectivity index (χ4n) is 3.95. The Morgan fingerprint density at radius 3 is 2.44 bits per heavy atom. The first-order chi connectivity index (χ1) is 16.0. The molecule has 190 valence electrons. The van der Waals surface area contributed by atoms with E-state index < -0.39 is 23.8 Å². The zero-order valence-electron chi connectivity index (χ0n) is 21.4. The normalized spacial score (nSPS) is 19.0. The van der Waals surface area contributed by atoms with Gasteiger partial charge in [-0.05, 0) is 52.0 Å². The number of hydrogen-bond acceptors (Lipinski definition) is 5. The van der Waals surface area contributed by atoms with Crippen LogP contribution in [0.5, 0.6) is 0 Å². The molecule has 0 aromatic heterocycles. The van der Waals surface area contributed by atoms with E-state index in [-0.39, 0.29) is 29.5 Å². The van der Waals surface area contributed by atoms with Crippen molar-refractivity contribution in [2.75, 3.05) is 12.3 Å². The van der Waals surface area contributed by atoms with Crippen LogP contribution >= 0.6 is 12.6 Å². The van der Waals surface area contributed by atoms with Gasteiger partial charge in [0, 0.05) is 18.3 Å². The molecule has 1 aliphatic rings. The second kappa shape index (κ2) is 12.5. The lowest BCUT2D eigenvalue weighted by molar-refractivity contribution is -0.143. The molecule has 0 aliphatic heterocycles. The molecular formula is C26H41N3O4S. The highest BCUT2D eigenvalue weighted by molar-refractivity contribution is 7.80. The minimum absolute atomic E-state index is 0.0813. The summed E-state index contributed by atoms with van der Waals surface area (Å²) >= 11 is 4.33. The number of thiol groups is 1. The predicted molar refractivity (Wildman–Crippen MR) is 138 cm³/mol. The van der Waals surface area contributed by atoms with E-state index in [4.69, 9.17) is 4.74 Å². The van der Waals surface area contributed by atoms with Crippen LogP contribution in [0.25, 0.3) is 0 Å². The van der Waals surface area contributed by atoms with Crippen LogP contribution in [-0.2, 0) is 14.3 Å². The van der Waals surface area contributed by atoms with E-state index in [9.17, 15) is 14.4 Å². The van der Waals surface area contributed by atoms with E-state index in [1.54, 1.807) is 25.7 Å². The molecule has 1 aromatic carbocycles. The monoisotopic (exact) mass is 491 g/mol. The first-order valence-corrected chi connectivity index (χ1v) is 12.9. The molecule has 1 saturated carbocycles. The molecule has 1 fully saturated rings. The number of carbonyl (C=O) groups is 3. The Morgan fingerprint density at radius 1 is 1.24 bits per heavy atom. The Kier molecular flexibility index (Phi) is 10.3. The lowest BCUT2D eigenvalue weighted by Gasteiger charge is -2.35. The van der Waals surface area contributed by atoms with Gasteiger partial charge >= 0.3 is 6.09 Å². The fourth-order valence-corrected chi connectivity index (χ4v) is 4.20. The third-order valence-electron chi connectivity index (χ3n) is 5.81. The lowest BCUT2D eigenvalue weighted by atomic mass is 10.0. The number of rotatable bonds is 11. The van der Waals surface area contributed by atoms with E-state index in [1.165, 1.54) is 0 Å². The summed E-state index contributed by atoms with van der Waals surface area (Å²) in [4.78, 5) is 41.4. The highest BCUT2D eigenvalue weighted by Gasteiger charge is 2.48. The number of nitrogens with one attached hydrogen (secondary N) is 2.